The number of hydrogen-bond acceptors (Lipinski definition) is 2. The number of benzene rings is 1. The van der Waals surface area contributed by atoms with Crippen molar-refractivity contribution in [3.05, 3.63) is 29.8 Å². The van der Waals surface area contributed by atoms with E-state index in [2.05, 4.69) is 38.1 Å². The van der Waals surface area contributed by atoms with Crippen molar-refractivity contribution in [2.75, 3.05) is 5.75 Å². The molecule has 76 valence electrons. The van der Waals surface area contributed by atoms with Crippen molar-refractivity contribution in [3.8, 4) is 5.75 Å². The molecule has 1 aliphatic rings. The first kappa shape index (κ1) is 9.91. The Hall–Kier alpha value is -0.630. The largest absolute Gasteiger partial charge is 0.491 e. The highest BCUT2D eigenvalue weighted by Crippen LogP contribution is 2.42. The van der Waals surface area contributed by atoms with Crippen LogP contribution in [0.4, 0.5) is 0 Å². The molecule has 0 bridgehead atoms. The fourth-order valence-electron chi connectivity index (χ4n) is 1.53. The summed E-state index contributed by atoms with van der Waals surface area (Å²) in [6.45, 7) is 4.10. The predicted octanol–water partition coefficient (Wildman–Crippen LogP) is 3.65. The molecule has 0 amide bonds. The van der Waals surface area contributed by atoms with Crippen LogP contribution in [0.15, 0.2) is 24.3 Å². The molecule has 1 fully saturated rings. The maximum absolute atomic E-state index is 5.59. The SMILES string of the molecule is CC(C)Oc1ccc(C2CCS2)cc1. The summed E-state index contributed by atoms with van der Waals surface area (Å²) in [7, 11) is 0. The summed E-state index contributed by atoms with van der Waals surface area (Å²) in [5.41, 5.74) is 1.44. The van der Waals surface area contributed by atoms with Crippen LogP contribution in [0.3, 0.4) is 0 Å². The minimum atomic E-state index is 0.263. The Labute approximate surface area is 89.9 Å². The zero-order chi connectivity index (χ0) is 9.97. The summed E-state index contributed by atoms with van der Waals surface area (Å²) in [6.07, 6.45) is 1.59. The van der Waals surface area contributed by atoms with Gasteiger partial charge in [0.05, 0.1) is 6.10 Å². The molecule has 1 unspecified atom stereocenters. The van der Waals surface area contributed by atoms with Gasteiger partial charge in [-0.1, -0.05) is 12.1 Å². The second-order valence-electron chi connectivity index (χ2n) is 3.88. The van der Waals surface area contributed by atoms with Gasteiger partial charge in [-0.3, -0.25) is 0 Å². The molecule has 1 saturated heterocycles. The van der Waals surface area contributed by atoms with Crippen LogP contribution in [-0.4, -0.2) is 11.9 Å². The number of thioether (sulfide) groups is 1. The number of ether oxygens (including phenoxy) is 1. The van der Waals surface area contributed by atoms with E-state index in [9.17, 15) is 0 Å². The maximum Gasteiger partial charge on any atom is 0.119 e. The highest BCUT2D eigenvalue weighted by molar-refractivity contribution is 8.00. The molecule has 1 aliphatic heterocycles. The standard InChI is InChI=1S/C12H16OS/c1-9(2)13-11-5-3-10(4-6-11)12-7-8-14-12/h3-6,9,12H,7-8H2,1-2H3. The van der Waals surface area contributed by atoms with Gasteiger partial charge in [0.2, 0.25) is 0 Å². The average Bonchev–Trinajstić information content (AvgIpc) is 2.04. The molecule has 0 radical (unpaired) electrons. The Morgan fingerprint density at radius 2 is 1.93 bits per heavy atom. The second kappa shape index (κ2) is 4.26. The minimum Gasteiger partial charge on any atom is -0.491 e. The summed E-state index contributed by atoms with van der Waals surface area (Å²) in [5.74, 6) is 2.29. The molecule has 1 heterocycles. The average molecular weight is 208 g/mol. The Kier molecular flexibility index (Phi) is 3.02. The lowest BCUT2D eigenvalue weighted by molar-refractivity contribution is 0.242. The molecule has 2 rings (SSSR count). The second-order valence-corrected chi connectivity index (χ2v) is 5.19. The molecule has 14 heavy (non-hydrogen) atoms. The smallest absolute Gasteiger partial charge is 0.119 e. The van der Waals surface area contributed by atoms with Gasteiger partial charge in [-0.05, 0) is 43.7 Å². The van der Waals surface area contributed by atoms with Crippen LogP contribution >= 0.6 is 11.8 Å². The summed E-state index contributed by atoms with van der Waals surface area (Å²) in [5, 5.41) is 0.739. The quantitative estimate of drug-likeness (QED) is 0.750. The van der Waals surface area contributed by atoms with E-state index in [1.807, 2.05) is 11.8 Å². The van der Waals surface area contributed by atoms with Gasteiger partial charge in [0.25, 0.3) is 0 Å². The van der Waals surface area contributed by atoms with Crippen molar-refractivity contribution in [2.45, 2.75) is 31.6 Å². The summed E-state index contributed by atoms with van der Waals surface area (Å²) in [6, 6.07) is 8.53. The normalized spacial score (nSPS) is 20.6. The highest BCUT2D eigenvalue weighted by Gasteiger charge is 2.19. The van der Waals surface area contributed by atoms with E-state index < -0.39 is 0 Å². The molecular weight excluding hydrogens is 192 g/mol. The van der Waals surface area contributed by atoms with Crippen LogP contribution < -0.4 is 4.74 Å². The molecule has 0 saturated carbocycles. The van der Waals surface area contributed by atoms with Gasteiger partial charge in [-0.2, -0.15) is 11.8 Å². The van der Waals surface area contributed by atoms with E-state index in [4.69, 9.17) is 4.74 Å². The first-order valence-electron chi connectivity index (χ1n) is 5.14. The van der Waals surface area contributed by atoms with E-state index in [0.29, 0.717) is 0 Å². The Morgan fingerprint density at radius 1 is 1.29 bits per heavy atom. The third kappa shape index (κ3) is 2.24. The zero-order valence-corrected chi connectivity index (χ0v) is 9.51. The number of rotatable bonds is 3. The molecule has 1 atom stereocenters. The third-order valence-corrected chi connectivity index (χ3v) is 3.70. The molecule has 0 spiro atoms. The monoisotopic (exact) mass is 208 g/mol. The lowest BCUT2D eigenvalue weighted by Crippen LogP contribution is -2.08. The summed E-state index contributed by atoms with van der Waals surface area (Å²) < 4.78 is 5.59. The Balaban J connectivity index is 2.02. The number of hydrogen-bond donors (Lipinski definition) is 0. The van der Waals surface area contributed by atoms with Crippen LogP contribution in [0.5, 0.6) is 5.75 Å². The van der Waals surface area contributed by atoms with Gasteiger partial charge >= 0.3 is 0 Å². The van der Waals surface area contributed by atoms with Gasteiger partial charge in [-0.25, -0.2) is 0 Å². The van der Waals surface area contributed by atoms with Gasteiger partial charge in [-0.15, -0.1) is 0 Å². The molecule has 0 N–H and O–H groups in total. The van der Waals surface area contributed by atoms with Gasteiger partial charge < -0.3 is 4.74 Å². The van der Waals surface area contributed by atoms with Crippen LogP contribution in [0.2, 0.25) is 0 Å². The minimum absolute atomic E-state index is 0.263. The van der Waals surface area contributed by atoms with Crippen molar-refractivity contribution in [1.82, 2.24) is 0 Å². The molecule has 2 heteroatoms. The van der Waals surface area contributed by atoms with Crippen molar-refractivity contribution in [3.63, 3.8) is 0 Å². The van der Waals surface area contributed by atoms with Crippen molar-refractivity contribution in [1.29, 1.82) is 0 Å². The van der Waals surface area contributed by atoms with Gasteiger partial charge in [0.1, 0.15) is 5.75 Å². The lowest BCUT2D eigenvalue weighted by atomic mass is 10.1. The fraction of sp³-hybridized carbons (Fsp3) is 0.500. The molecule has 1 aromatic rings. The Bertz CT molecular complexity index is 288. The zero-order valence-electron chi connectivity index (χ0n) is 8.69. The van der Waals surface area contributed by atoms with Gasteiger partial charge in [0.15, 0.2) is 0 Å². The van der Waals surface area contributed by atoms with Crippen molar-refractivity contribution >= 4 is 11.8 Å². The molecule has 0 aliphatic carbocycles. The first-order valence-corrected chi connectivity index (χ1v) is 6.19. The van der Waals surface area contributed by atoms with Crippen LogP contribution in [0.25, 0.3) is 0 Å². The highest BCUT2D eigenvalue weighted by atomic mass is 32.2. The molecule has 1 aromatic carbocycles. The third-order valence-electron chi connectivity index (χ3n) is 2.32. The van der Waals surface area contributed by atoms with E-state index in [0.717, 1.165) is 11.0 Å². The van der Waals surface area contributed by atoms with E-state index >= 15 is 0 Å². The first-order chi connectivity index (χ1) is 6.75. The van der Waals surface area contributed by atoms with Crippen LogP contribution in [-0.2, 0) is 0 Å². The molecular formula is C12H16OS. The Morgan fingerprint density at radius 3 is 2.36 bits per heavy atom. The predicted molar refractivity (Wildman–Crippen MR) is 62.0 cm³/mol. The summed E-state index contributed by atoms with van der Waals surface area (Å²) >= 11 is 2.04. The van der Waals surface area contributed by atoms with Crippen LogP contribution in [0.1, 0.15) is 31.1 Å². The molecule has 1 nitrogen and oxygen atoms in total. The lowest BCUT2D eigenvalue weighted by Gasteiger charge is -2.25. The van der Waals surface area contributed by atoms with E-state index in [-0.39, 0.29) is 6.10 Å². The van der Waals surface area contributed by atoms with E-state index in [1.165, 1.54) is 17.7 Å². The van der Waals surface area contributed by atoms with Crippen molar-refractivity contribution in [2.24, 2.45) is 0 Å². The fourth-order valence-corrected chi connectivity index (χ4v) is 2.35. The molecule has 0 aromatic heterocycles. The van der Waals surface area contributed by atoms with E-state index in [1.54, 1.807) is 0 Å². The van der Waals surface area contributed by atoms with Crippen LogP contribution in [0, 0.1) is 0 Å². The van der Waals surface area contributed by atoms with Crippen molar-refractivity contribution < 1.29 is 4.74 Å². The maximum atomic E-state index is 5.59. The topological polar surface area (TPSA) is 9.23 Å². The van der Waals surface area contributed by atoms with Gasteiger partial charge in [0, 0.05) is 5.25 Å². The summed E-state index contributed by atoms with van der Waals surface area (Å²) in [4.78, 5) is 0.